The van der Waals surface area contributed by atoms with Gasteiger partial charge in [0.2, 0.25) is 5.91 Å². The zero-order valence-electron chi connectivity index (χ0n) is 13.3. The van der Waals surface area contributed by atoms with E-state index in [1.54, 1.807) is 11.1 Å². The number of hydrogen-bond donors (Lipinski definition) is 1. The molecule has 1 N–H and O–H groups in total. The Balaban J connectivity index is 2.02. The summed E-state index contributed by atoms with van der Waals surface area (Å²) in [5.74, 6) is 0.481. The number of benzene rings is 1. The van der Waals surface area contributed by atoms with Crippen molar-refractivity contribution in [1.82, 2.24) is 9.97 Å². The van der Waals surface area contributed by atoms with Crippen molar-refractivity contribution in [1.29, 1.82) is 0 Å². The number of nitrogens with zero attached hydrogens (tertiary/aromatic N) is 3. The molecule has 1 aromatic heterocycles. The average Bonchev–Trinajstić information content (AvgIpc) is 2.53. The van der Waals surface area contributed by atoms with Crippen LogP contribution in [0.2, 0.25) is 5.02 Å². The second-order valence-electron chi connectivity index (χ2n) is 5.17. The van der Waals surface area contributed by atoms with E-state index in [9.17, 15) is 4.79 Å². The van der Waals surface area contributed by atoms with Gasteiger partial charge < -0.3 is 15.0 Å². The summed E-state index contributed by atoms with van der Waals surface area (Å²) >= 11 is 5.94. The number of aryl methyl sites for hydroxylation is 1. The molecule has 0 saturated carbocycles. The summed E-state index contributed by atoms with van der Waals surface area (Å²) in [6.07, 6.45) is 2.50. The van der Waals surface area contributed by atoms with Gasteiger partial charge in [-0.25, -0.2) is 4.98 Å². The van der Waals surface area contributed by atoms with Crippen molar-refractivity contribution in [2.24, 2.45) is 0 Å². The van der Waals surface area contributed by atoms with Gasteiger partial charge in [-0.15, -0.1) is 0 Å². The van der Waals surface area contributed by atoms with Crippen molar-refractivity contribution in [3.63, 3.8) is 0 Å². The molecule has 0 bridgehead atoms. The smallest absolute Gasteiger partial charge is 0.318 e. The number of nitrogens with one attached hydrogen (secondary N) is 1. The Labute approximate surface area is 140 Å². The van der Waals surface area contributed by atoms with Crippen LogP contribution in [-0.4, -0.2) is 37.1 Å². The van der Waals surface area contributed by atoms with Crippen molar-refractivity contribution >= 4 is 29.0 Å². The van der Waals surface area contributed by atoms with E-state index < -0.39 is 0 Å². The Hall–Kier alpha value is -2.34. The van der Waals surface area contributed by atoms with Gasteiger partial charge in [-0.1, -0.05) is 23.7 Å². The Bertz CT molecular complexity index is 692. The van der Waals surface area contributed by atoms with Crippen LogP contribution < -0.4 is 15.0 Å². The molecule has 0 aliphatic carbocycles. The van der Waals surface area contributed by atoms with Crippen molar-refractivity contribution in [2.75, 3.05) is 31.4 Å². The highest BCUT2D eigenvalue weighted by molar-refractivity contribution is 6.30. The molecule has 6 nitrogen and oxygen atoms in total. The average molecular weight is 335 g/mol. The van der Waals surface area contributed by atoms with Crippen LogP contribution in [0.1, 0.15) is 12.0 Å². The van der Waals surface area contributed by atoms with Gasteiger partial charge in [-0.2, -0.15) is 4.98 Å². The van der Waals surface area contributed by atoms with Crippen molar-refractivity contribution in [3.8, 4) is 6.01 Å². The first kappa shape index (κ1) is 17.0. The van der Waals surface area contributed by atoms with E-state index in [1.165, 1.54) is 7.11 Å². The Kier molecular flexibility index (Phi) is 5.76. The predicted molar refractivity (Wildman–Crippen MR) is 91.3 cm³/mol. The molecular weight excluding hydrogens is 316 g/mol. The standard InChI is InChI=1S/C16H19ClN4O2/c1-21(2)15-13(10-18-16(20-15)23-3)19-14(22)8-7-11-5-4-6-12(17)9-11/h4-6,9-10H,7-8H2,1-3H3,(H,19,22). The molecule has 0 unspecified atom stereocenters. The number of methoxy groups -OCH3 is 1. The monoisotopic (exact) mass is 334 g/mol. The van der Waals surface area contributed by atoms with Crippen molar-refractivity contribution in [2.45, 2.75) is 12.8 Å². The third-order valence-electron chi connectivity index (χ3n) is 3.16. The molecular formula is C16H19ClN4O2. The summed E-state index contributed by atoms with van der Waals surface area (Å²) in [5.41, 5.74) is 1.57. The van der Waals surface area contributed by atoms with Gasteiger partial charge in [0.25, 0.3) is 0 Å². The molecule has 0 fully saturated rings. The molecule has 0 saturated heterocycles. The minimum Gasteiger partial charge on any atom is -0.467 e. The van der Waals surface area contributed by atoms with E-state index in [4.69, 9.17) is 16.3 Å². The molecule has 0 atom stereocenters. The SMILES string of the molecule is COc1ncc(NC(=O)CCc2cccc(Cl)c2)c(N(C)C)n1. The lowest BCUT2D eigenvalue weighted by atomic mass is 10.1. The lowest BCUT2D eigenvalue weighted by Gasteiger charge is -2.16. The minimum atomic E-state index is -0.109. The number of hydrogen-bond acceptors (Lipinski definition) is 5. The number of rotatable bonds is 6. The molecule has 23 heavy (non-hydrogen) atoms. The zero-order chi connectivity index (χ0) is 16.8. The van der Waals surface area contributed by atoms with E-state index in [0.29, 0.717) is 29.4 Å². The first-order valence-corrected chi connectivity index (χ1v) is 7.50. The molecule has 1 amide bonds. The van der Waals surface area contributed by atoms with Gasteiger partial charge in [-0.05, 0) is 24.1 Å². The van der Waals surface area contributed by atoms with E-state index in [2.05, 4.69) is 15.3 Å². The van der Waals surface area contributed by atoms with Crippen LogP contribution in [0.4, 0.5) is 11.5 Å². The molecule has 2 rings (SSSR count). The van der Waals surface area contributed by atoms with Gasteiger partial charge >= 0.3 is 6.01 Å². The number of ether oxygens (including phenoxy) is 1. The van der Waals surface area contributed by atoms with Crippen LogP contribution in [0.15, 0.2) is 30.5 Å². The van der Waals surface area contributed by atoms with Crippen LogP contribution in [-0.2, 0) is 11.2 Å². The lowest BCUT2D eigenvalue weighted by Crippen LogP contribution is -2.18. The van der Waals surface area contributed by atoms with Crippen molar-refractivity contribution < 1.29 is 9.53 Å². The highest BCUT2D eigenvalue weighted by Crippen LogP contribution is 2.23. The second kappa shape index (κ2) is 7.78. The number of amides is 1. The number of carbonyl (C=O) groups is 1. The fraction of sp³-hybridized carbons (Fsp3) is 0.312. The maximum atomic E-state index is 12.2. The van der Waals surface area contributed by atoms with Crippen LogP contribution in [0.3, 0.4) is 0 Å². The van der Waals surface area contributed by atoms with E-state index in [-0.39, 0.29) is 11.9 Å². The predicted octanol–water partition coefficient (Wildman–Crippen LogP) is 2.78. The molecule has 0 spiro atoms. The third kappa shape index (κ3) is 4.82. The number of anilines is 2. The summed E-state index contributed by atoms with van der Waals surface area (Å²) in [7, 11) is 5.17. The van der Waals surface area contributed by atoms with E-state index >= 15 is 0 Å². The van der Waals surface area contributed by atoms with E-state index in [1.807, 2.05) is 38.4 Å². The fourth-order valence-corrected chi connectivity index (χ4v) is 2.26. The van der Waals surface area contributed by atoms with Gasteiger partial charge in [0.15, 0.2) is 5.82 Å². The first-order chi connectivity index (χ1) is 11.0. The first-order valence-electron chi connectivity index (χ1n) is 7.12. The van der Waals surface area contributed by atoms with Crippen molar-refractivity contribution in [3.05, 3.63) is 41.0 Å². The number of aromatic nitrogens is 2. The summed E-state index contributed by atoms with van der Waals surface area (Å²) in [5, 5.41) is 3.50. The third-order valence-corrected chi connectivity index (χ3v) is 3.39. The Morgan fingerprint density at radius 1 is 1.39 bits per heavy atom. The maximum absolute atomic E-state index is 12.2. The topological polar surface area (TPSA) is 67.3 Å². The molecule has 0 radical (unpaired) electrons. The van der Waals surface area contributed by atoms with E-state index in [0.717, 1.165) is 5.56 Å². The fourth-order valence-electron chi connectivity index (χ4n) is 2.05. The zero-order valence-corrected chi connectivity index (χ0v) is 14.1. The van der Waals surface area contributed by atoms with Crippen LogP contribution in [0, 0.1) is 0 Å². The Morgan fingerprint density at radius 3 is 2.83 bits per heavy atom. The van der Waals surface area contributed by atoms with Crippen LogP contribution >= 0.6 is 11.6 Å². The molecule has 122 valence electrons. The highest BCUT2D eigenvalue weighted by atomic mass is 35.5. The summed E-state index contributed by atoms with van der Waals surface area (Å²) in [4.78, 5) is 22.2. The summed E-state index contributed by atoms with van der Waals surface area (Å²) in [6, 6.07) is 7.74. The maximum Gasteiger partial charge on any atom is 0.318 e. The second-order valence-corrected chi connectivity index (χ2v) is 5.60. The largest absolute Gasteiger partial charge is 0.467 e. The Morgan fingerprint density at radius 2 is 2.17 bits per heavy atom. The minimum absolute atomic E-state index is 0.109. The quantitative estimate of drug-likeness (QED) is 0.879. The highest BCUT2D eigenvalue weighted by Gasteiger charge is 2.12. The van der Waals surface area contributed by atoms with Gasteiger partial charge in [0.05, 0.1) is 13.3 Å². The molecule has 1 heterocycles. The molecule has 2 aromatic rings. The number of halogens is 1. The summed E-state index contributed by atoms with van der Waals surface area (Å²) < 4.78 is 5.01. The van der Waals surface area contributed by atoms with Crippen LogP contribution in [0.5, 0.6) is 6.01 Å². The normalized spacial score (nSPS) is 10.3. The van der Waals surface area contributed by atoms with Gasteiger partial charge in [0, 0.05) is 25.5 Å². The van der Waals surface area contributed by atoms with Crippen LogP contribution in [0.25, 0.3) is 0 Å². The molecule has 1 aromatic carbocycles. The molecule has 0 aliphatic rings. The number of carbonyl (C=O) groups excluding carboxylic acids is 1. The lowest BCUT2D eigenvalue weighted by molar-refractivity contribution is -0.116. The van der Waals surface area contributed by atoms with Gasteiger partial charge in [-0.3, -0.25) is 4.79 Å². The molecule has 7 heteroatoms. The summed E-state index contributed by atoms with van der Waals surface area (Å²) in [6.45, 7) is 0. The molecule has 0 aliphatic heterocycles. The van der Waals surface area contributed by atoms with Gasteiger partial charge in [0.1, 0.15) is 5.69 Å².